The maximum absolute atomic E-state index is 13.7. The van der Waals surface area contributed by atoms with E-state index in [4.69, 9.17) is 10.5 Å². The van der Waals surface area contributed by atoms with Crippen molar-refractivity contribution in [2.24, 2.45) is 5.73 Å². The second-order valence-electron chi connectivity index (χ2n) is 6.44. The zero-order valence-electron chi connectivity index (χ0n) is 14.0. The fourth-order valence-corrected chi connectivity index (χ4v) is 3.28. The van der Waals surface area contributed by atoms with Gasteiger partial charge in [-0.25, -0.2) is 13.6 Å². The first-order chi connectivity index (χ1) is 12.3. The lowest BCUT2D eigenvalue weighted by atomic mass is 10.0. The summed E-state index contributed by atoms with van der Waals surface area (Å²) in [4.78, 5) is 28.5. The highest BCUT2D eigenvalue weighted by atomic mass is 19.1. The summed E-state index contributed by atoms with van der Waals surface area (Å²) in [5.74, 6) is -1.46. The van der Waals surface area contributed by atoms with Crippen LogP contribution in [0.5, 0.6) is 0 Å². The molecule has 1 aliphatic rings. The van der Waals surface area contributed by atoms with Gasteiger partial charge in [0, 0.05) is 37.0 Å². The quantitative estimate of drug-likeness (QED) is 0.847. The van der Waals surface area contributed by atoms with Crippen molar-refractivity contribution in [3.05, 3.63) is 47.8 Å². The Morgan fingerprint density at radius 1 is 1.31 bits per heavy atom. The minimum absolute atomic E-state index is 0.262. The highest BCUT2D eigenvalue weighted by Crippen LogP contribution is 2.38. The van der Waals surface area contributed by atoms with Gasteiger partial charge in [-0.15, -0.1) is 0 Å². The van der Waals surface area contributed by atoms with E-state index >= 15 is 0 Å². The third-order valence-electron chi connectivity index (χ3n) is 4.35. The number of aromatic nitrogens is 1. The molecule has 136 valence electrons. The molecule has 2 N–H and O–H groups in total. The first kappa shape index (κ1) is 17.8. The molecule has 1 aromatic heterocycles. The minimum Gasteiger partial charge on any atom is -0.441 e. The zero-order valence-corrected chi connectivity index (χ0v) is 14.0. The van der Waals surface area contributed by atoms with Gasteiger partial charge in [0.2, 0.25) is 0 Å². The summed E-state index contributed by atoms with van der Waals surface area (Å²) in [6.45, 7) is 2.49. The SMILES string of the molecule is C[C@]1(OC(N)=O)CCN(c2c(C=O)cncc2-c2cc(F)cc(F)c2)C1. The number of aldehydes is 1. The average molecular weight is 361 g/mol. The van der Waals surface area contributed by atoms with E-state index in [1.54, 1.807) is 6.92 Å². The normalized spacial score (nSPS) is 19.4. The number of hydrogen-bond acceptors (Lipinski definition) is 5. The van der Waals surface area contributed by atoms with E-state index in [2.05, 4.69) is 4.98 Å². The van der Waals surface area contributed by atoms with Gasteiger partial charge in [-0.1, -0.05) is 0 Å². The molecule has 0 bridgehead atoms. The number of hydrogen-bond donors (Lipinski definition) is 1. The Balaban J connectivity index is 2.07. The maximum Gasteiger partial charge on any atom is 0.405 e. The molecule has 1 aromatic carbocycles. The van der Waals surface area contributed by atoms with E-state index in [9.17, 15) is 18.4 Å². The third kappa shape index (κ3) is 3.49. The van der Waals surface area contributed by atoms with Crippen LogP contribution in [0.4, 0.5) is 19.3 Å². The molecular formula is C18H17F2N3O3. The van der Waals surface area contributed by atoms with E-state index in [1.165, 1.54) is 24.5 Å². The molecule has 1 aliphatic heterocycles. The van der Waals surface area contributed by atoms with Gasteiger partial charge >= 0.3 is 6.09 Å². The standard InChI is InChI=1S/C18H17F2N3O3/c1-18(26-17(21)25)2-3-23(10-18)16-12(9-24)7-22-8-15(16)11-4-13(19)6-14(20)5-11/h4-9H,2-3,10H2,1H3,(H2,21,25)/t18-/m0/s1. The van der Waals surface area contributed by atoms with E-state index in [1.807, 2.05) is 4.90 Å². The second-order valence-corrected chi connectivity index (χ2v) is 6.44. The molecule has 1 saturated heterocycles. The Morgan fingerprint density at radius 3 is 2.62 bits per heavy atom. The van der Waals surface area contributed by atoms with E-state index in [0.29, 0.717) is 30.5 Å². The Morgan fingerprint density at radius 2 is 2.00 bits per heavy atom. The molecule has 1 atom stereocenters. The third-order valence-corrected chi connectivity index (χ3v) is 4.35. The monoisotopic (exact) mass is 361 g/mol. The van der Waals surface area contributed by atoms with Gasteiger partial charge in [-0.3, -0.25) is 9.78 Å². The minimum atomic E-state index is -0.882. The number of carbonyl (C=O) groups is 2. The van der Waals surface area contributed by atoms with E-state index < -0.39 is 23.3 Å². The largest absolute Gasteiger partial charge is 0.441 e. The van der Waals surface area contributed by atoms with E-state index in [0.717, 1.165) is 6.07 Å². The summed E-state index contributed by atoms with van der Waals surface area (Å²) in [6, 6.07) is 3.12. The van der Waals surface area contributed by atoms with Crippen molar-refractivity contribution in [1.82, 2.24) is 4.98 Å². The molecule has 1 fully saturated rings. The summed E-state index contributed by atoms with van der Waals surface area (Å²) >= 11 is 0. The fraction of sp³-hybridized carbons (Fsp3) is 0.278. The summed E-state index contributed by atoms with van der Waals surface area (Å²) < 4.78 is 32.5. The number of pyridine rings is 1. The lowest BCUT2D eigenvalue weighted by Crippen LogP contribution is -2.37. The molecule has 0 saturated carbocycles. The van der Waals surface area contributed by atoms with Crippen LogP contribution in [0.3, 0.4) is 0 Å². The predicted octanol–water partition coefficient (Wildman–Crippen LogP) is 2.90. The maximum atomic E-state index is 13.7. The van der Waals surface area contributed by atoms with E-state index in [-0.39, 0.29) is 17.7 Å². The molecule has 2 aromatic rings. The summed E-state index contributed by atoms with van der Waals surface area (Å²) in [7, 11) is 0. The molecule has 26 heavy (non-hydrogen) atoms. The Bertz CT molecular complexity index is 855. The molecule has 0 radical (unpaired) electrons. The number of benzene rings is 1. The molecule has 2 heterocycles. The fourth-order valence-electron chi connectivity index (χ4n) is 3.28. The second kappa shape index (κ2) is 6.70. The molecule has 8 heteroatoms. The van der Waals surface area contributed by atoms with Crippen LogP contribution in [0.2, 0.25) is 0 Å². The topological polar surface area (TPSA) is 85.5 Å². The van der Waals surface area contributed by atoms with Crippen LogP contribution in [-0.4, -0.2) is 36.1 Å². The van der Waals surface area contributed by atoms with Gasteiger partial charge in [-0.05, 0) is 24.6 Å². The number of carbonyl (C=O) groups excluding carboxylic acids is 2. The Labute approximate surface area is 148 Å². The summed E-state index contributed by atoms with van der Waals surface area (Å²) in [5, 5.41) is 0. The van der Waals surface area contributed by atoms with Gasteiger partial charge in [-0.2, -0.15) is 0 Å². The van der Waals surface area contributed by atoms with Crippen LogP contribution >= 0.6 is 0 Å². The number of amides is 1. The van der Waals surface area contributed by atoms with Crippen molar-refractivity contribution in [3.8, 4) is 11.1 Å². The predicted molar refractivity (Wildman–Crippen MR) is 90.9 cm³/mol. The first-order valence-corrected chi connectivity index (χ1v) is 7.94. The van der Waals surface area contributed by atoms with Crippen LogP contribution in [-0.2, 0) is 4.74 Å². The van der Waals surface area contributed by atoms with Gasteiger partial charge in [0.25, 0.3) is 0 Å². The zero-order chi connectivity index (χ0) is 18.9. The summed E-state index contributed by atoms with van der Waals surface area (Å²) in [6.07, 6.45) is 3.07. The lowest BCUT2D eigenvalue weighted by Gasteiger charge is -2.27. The lowest BCUT2D eigenvalue weighted by molar-refractivity contribution is 0.0480. The number of halogens is 2. The molecule has 0 unspecified atom stereocenters. The molecule has 3 rings (SSSR count). The average Bonchev–Trinajstić information content (AvgIpc) is 2.93. The summed E-state index contributed by atoms with van der Waals surface area (Å²) in [5.41, 5.74) is 5.74. The molecule has 6 nitrogen and oxygen atoms in total. The van der Waals surface area contributed by atoms with Crippen molar-refractivity contribution >= 4 is 18.1 Å². The van der Waals surface area contributed by atoms with Gasteiger partial charge in [0.15, 0.2) is 6.29 Å². The van der Waals surface area contributed by atoms with Gasteiger partial charge in [0.1, 0.15) is 17.2 Å². The molecule has 0 spiro atoms. The van der Waals surface area contributed by atoms with Crippen molar-refractivity contribution in [2.45, 2.75) is 18.9 Å². The number of rotatable bonds is 4. The molecule has 1 amide bonds. The molecular weight excluding hydrogens is 344 g/mol. The van der Waals surface area contributed by atoms with Crippen molar-refractivity contribution < 1.29 is 23.1 Å². The van der Waals surface area contributed by atoms with Crippen LogP contribution in [0.15, 0.2) is 30.6 Å². The number of primary amides is 1. The smallest absolute Gasteiger partial charge is 0.405 e. The van der Waals surface area contributed by atoms with Gasteiger partial charge in [0.05, 0.1) is 17.8 Å². The highest BCUT2D eigenvalue weighted by molar-refractivity contribution is 5.92. The first-order valence-electron chi connectivity index (χ1n) is 7.94. The number of anilines is 1. The highest BCUT2D eigenvalue weighted by Gasteiger charge is 2.38. The van der Waals surface area contributed by atoms with Crippen molar-refractivity contribution in [3.63, 3.8) is 0 Å². The van der Waals surface area contributed by atoms with Crippen LogP contribution in [0.25, 0.3) is 11.1 Å². The Kier molecular flexibility index (Phi) is 4.58. The van der Waals surface area contributed by atoms with Crippen LogP contribution < -0.4 is 10.6 Å². The van der Waals surface area contributed by atoms with Crippen molar-refractivity contribution in [2.75, 3.05) is 18.0 Å². The number of nitrogens with zero attached hydrogens (tertiary/aromatic N) is 2. The number of nitrogens with two attached hydrogens (primary N) is 1. The molecule has 0 aliphatic carbocycles. The van der Waals surface area contributed by atoms with Crippen molar-refractivity contribution in [1.29, 1.82) is 0 Å². The Hall–Kier alpha value is -3.03. The van der Waals surface area contributed by atoms with Crippen LogP contribution in [0.1, 0.15) is 23.7 Å². The number of ether oxygens (including phenoxy) is 1. The van der Waals surface area contributed by atoms with Crippen LogP contribution in [0, 0.1) is 11.6 Å². The van der Waals surface area contributed by atoms with Gasteiger partial charge < -0.3 is 15.4 Å².